The molecule has 154 valence electrons. The van der Waals surface area contributed by atoms with E-state index >= 15 is 0 Å². The summed E-state index contributed by atoms with van der Waals surface area (Å²) in [6.45, 7) is 6.33. The minimum Gasteiger partial charge on any atom is -0.497 e. The van der Waals surface area contributed by atoms with Gasteiger partial charge in [0, 0.05) is 29.4 Å². The summed E-state index contributed by atoms with van der Waals surface area (Å²) in [5, 5.41) is 0. The SMILES string of the molecule is C=C(CCl)CC1(c2ccc(OC)cc2)Oc2ccc(SN3CCCCC3)cc2O1. The van der Waals surface area contributed by atoms with Crippen molar-refractivity contribution in [2.75, 3.05) is 26.1 Å². The number of piperidine rings is 1. The Kier molecular flexibility index (Phi) is 6.28. The summed E-state index contributed by atoms with van der Waals surface area (Å²) in [5.74, 6) is 1.68. The van der Waals surface area contributed by atoms with E-state index in [9.17, 15) is 0 Å². The fourth-order valence-corrected chi connectivity index (χ4v) is 4.83. The van der Waals surface area contributed by atoms with Crippen LogP contribution in [0.15, 0.2) is 59.5 Å². The first kappa shape index (κ1) is 20.5. The Hall–Kier alpha value is -1.82. The first-order valence-electron chi connectivity index (χ1n) is 9.94. The zero-order valence-corrected chi connectivity index (χ0v) is 18.2. The van der Waals surface area contributed by atoms with Crippen LogP contribution in [0, 0.1) is 0 Å². The third-order valence-corrected chi connectivity index (χ3v) is 6.68. The molecule has 0 radical (unpaired) electrons. The number of hydrogen-bond acceptors (Lipinski definition) is 5. The third kappa shape index (κ3) is 4.52. The molecule has 0 amide bonds. The molecule has 0 bridgehead atoms. The first-order chi connectivity index (χ1) is 14.1. The number of nitrogens with zero attached hydrogens (tertiary/aromatic N) is 1. The predicted octanol–water partition coefficient (Wildman–Crippen LogP) is 6.00. The maximum Gasteiger partial charge on any atom is 0.282 e. The minimum atomic E-state index is -0.963. The number of alkyl halides is 1. The normalized spacial score (nSPS) is 21.2. The fourth-order valence-electron chi connectivity index (χ4n) is 3.70. The van der Waals surface area contributed by atoms with Crippen LogP contribution in [0.4, 0.5) is 0 Å². The van der Waals surface area contributed by atoms with E-state index in [2.05, 4.69) is 23.0 Å². The average Bonchev–Trinajstić information content (AvgIpc) is 3.13. The molecule has 0 spiro atoms. The van der Waals surface area contributed by atoms with Gasteiger partial charge in [0.25, 0.3) is 5.79 Å². The van der Waals surface area contributed by atoms with E-state index in [0.29, 0.717) is 12.3 Å². The summed E-state index contributed by atoms with van der Waals surface area (Å²) in [4.78, 5) is 1.16. The smallest absolute Gasteiger partial charge is 0.282 e. The highest BCUT2D eigenvalue weighted by Crippen LogP contribution is 2.48. The third-order valence-electron chi connectivity index (χ3n) is 5.22. The van der Waals surface area contributed by atoms with Crippen LogP contribution in [0.3, 0.4) is 0 Å². The second kappa shape index (κ2) is 8.90. The van der Waals surface area contributed by atoms with Gasteiger partial charge < -0.3 is 14.2 Å². The summed E-state index contributed by atoms with van der Waals surface area (Å²) in [7, 11) is 1.65. The number of halogens is 1. The van der Waals surface area contributed by atoms with Crippen molar-refractivity contribution >= 4 is 23.5 Å². The van der Waals surface area contributed by atoms with Gasteiger partial charge in [-0.15, -0.1) is 11.6 Å². The molecular weight excluding hydrogens is 406 g/mol. The highest BCUT2D eigenvalue weighted by molar-refractivity contribution is 7.97. The predicted molar refractivity (Wildman–Crippen MR) is 118 cm³/mol. The summed E-state index contributed by atoms with van der Waals surface area (Å²) >= 11 is 7.83. The van der Waals surface area contributed by atoms with Crippen molar-refractivity contribution in [3.05, 3.63) is 60.2 Å². The van der Waals surface area contributed by atoms with Crippen LogP contribution in [-0.2, 0) is 5.79 Å². The molecule has 4 rings (SSSR count). The van der Waals surface area contributed by atoms with Crippen LogP contribution in [0.5, 0.6) is 17.2 Å². The van der Waals surface area contributed by atoms with E-state index in [4.69, 9.17) is 25.8 Å². The molecule has 6 heteroatoms. The van der Waals surface area contributed by atoms with Crippen molar-refractivity contribution in [3.8, 4) is 17.2 Å². The molecule has 0 aliphatic carbocycles. The maximum atomic E-state index is 6.44. The van der Waals surface area contributed by atoms with Crippen molar-refractivity contribution < 1.29 is 14.2 Å². The molecule has 2 aromatic carbocycles. The summed E-state index contributed by atoms with van der Waals surface area (Å²) in [6.07, 6.45) is 4.33. The molecule has 2 aromatic rings. The molecule has 0 aromatic heterocycles. The highest BCUT2D eigenvalue weighted by Gasteiger charge is 2.44. The molecule has 0 saturated carbocycles. The lowest BCUT2D eigenvalue weighted by atomic mass is 9.98. The standard InChI is InChI=1S/C23H26ClNO3S/c1-17(16-24)15-23(18-6-8-19(26-2)9-7-18)27-21-11-10-20(14-22(21)28-23)29-25-12-4-3-5-13-25/h6-11,14H,1,3-5,12-13,15-16H2,2H3. The van der Waals surface area contributed by atoms with Gasteiger partial charge in [-0.3, -0.25) is 0 Å². The van der Waals surface area contributed by atoms with E-state index in [1.165, 1.54) is 19.3 Å². The van der Waals surface area contributed by atoms with Gasteiger partial charge in [-0.2, -0.15) is 0 Å². The second-order valence-electron chi connectivity index (χ2n) is 7.44. The molecule has 29 heavy (non-hydrogen) atoms. The summed E-state index contributed by atoms with van der Waals surface area (Å²) < 4.78 is 20.5. The van der Waals surface area contributed by atoms with E-state index in [1.807, 2.05) is 30.3 Å². The lowest BCUT2D eigenvalue weighted by molar-refractivity contribution is -0.0852. The van der Waals surface area contributed by atoms with Gasteiger partial charge in [0.2, 0.25) is 0 Å². The Labute approximate surface area is 181 Å². The van der Waals surface area contributed by atoms with Crippen LogP contribution in [0.1, 0.15) is 31.2 Å². The van der Waals surface area contributed by atoms with Gasteiger partial charge in [0.1, 0.15) is 5.75 Å². The molecule has 2 aliphatic rings. The minimum absolute atomic E-state index is 0.358. The average molecular weight is 432 g/mol. The lowest BCUT2D eigenvalue weighted by Crippen LogP contribution is -2.36. The van der Waals surface area contributed by atoms with E-state index in [-0.39, 0.29) is 0 Å². The van der Waals surface area contributed by atoms with Crippen molar-refractivity contribution in [2.45, 2.75) is 36.4 Å². The molecule has 2 aliphatic heterocycles. The van der Waals surface area contributed by atoms with E-state index in [1.54, 1.807) is 19.1 Å². The van der Waals surface area contributed by atoms with Gasteiger partial charge in [-0.1, -0.05) is 18.6 Å². The molecule has 2 heterocycles. The molecule has 0 N–H and O–H groups in total. The zero-order chi connectivity index (χ0) is 20.3. The Balaban J connectivity index is 1.59. The van der Waals surface area contributed by atoms with Crippen LogP contribution >= 0.6 is 23.5 Å². The number of rotatable bonds is 7. The molecular formula is C23H26ClNO3S. The zero-order valence-electron chi connectivity index (χ0n) is 16.7. The largest absolute Gasteiger partial charge is 0.497 e. The monoisotopic (exact) mass is 431 g/mol. The number of hydrogen-bond donors (Lipinski definition) is 0. The van der Waals surface area contributed by atoms with E-state index in [0.717, 1.165) is 46.4 Å². The van der Waals surface area contributed by atoms with Gasteiger partial charge in [0.15, 0.2) is 11.5 Å². The van der Waals surface area contributed by atoms with Crippen molar-refractivity contribution in [3.63, 3.8) is 0 Å². The van der Waals surface area contributed by atoms with Crippen LogP contribution < -0.4 is 14.2 Å². The number of fused-ring (bicyclic) bond motifs is 1. The van der Waals surface area contributed by atoms with Crippen molar-refractivity contribution in [1.29, 1.82) is 0 Å². The molecule has 1 unspecified atom stereocenters. The topological polar surface area (TPSA) is 30.9 Å². The Morgan fingerprint density at radius 1 is 1.10 bits per heavy atom. The number of benzene rings is 2. The van der Waals surface area contributed by atoms with Gasteiger partial charge in [0.05, 0.1) is 13.5 Å². The van der Waals surface area contributed by atoms with Crippen LogP contribution in [0.2, 0.25) is 0 Å². The Bertz CT molecular complexity index is 867. The van der Waals surface area contributed by atoms with Crippen molar-refractivity contribution in [1.82, 2.24) is 4.31 Å². The quantitative estimate of drug-likeness (QED) is 0.305. The molecule has 1 saturated heterocycles. The van der Waals surface area contributed by atoms with Gasteiger partial charge in [-0.05, 0) is 67.3 Å². The van der Waals surface area contributed by atoms with Gasteiger partial charge >= 0.3 is 0 Å². The number of ether oxygens (including phenoxy) is 3. The van der Waals surface area contributed by atoms with Crippen LogP contribution in [-0.4, -0.2) is 30.4 Å². The van der Waals surface area contributed by atoms with Crippen molar-refractivity contribution in [2.24, 2.45) is 0 Å². The number of methoxy groups -OCH3 is 1. The van der Waals surface area contributed by atoms with E-state index < -0.39 is 5.79 Å². The maximum absolute atomic E-state index is 6.44. The van der Waals surface area contributed by atoms with Gasteiger partial charge in [-0.25, -0.2) is 4.31 Å². The summed E-state index contributed by atoms with van der Waals surface area (Å²) in [6, 6.07) is 13.9. The highest BCUT2D eigenvalue weighted by atomic mass is 35.5. The summed E-state index contributed by atoms with van der Waals surface area (Å²) in [5.41, 5.74) is 1.77. The molecule has 4 nitrogen and oxygen atoms in total. The fraction of sp³-hybridized carbons (Fsp3) is 0.391. The second-order valence-corrected chi connectivity index (χ2v) is 8.87. The van der Waals surface area contributed by atoms with Crippen LogP contribution in [0.25, 0.3) is 0 Å². The first-order valence-corrected chi connectivity index (χ1v) is 11.2. The molecule has 1 atom stereocenters. The Morgan fingerprint density at radius 2 is 1.83 bits per heavy atom. The lowest BCUT2D eigenvalue weighted by Gasteiger charge is -2.29. The Morgan fingerprint density at radius 3 is 2.52 bits per heavy atom. The molecule has 1 fully saturated rings.